The maximum absolute atomic E-state index is 6.14. The van der Waals surface area contributed by atoms with Crippen LogP contribution in [0.15, 0.2) is 18.2 Å². The molecule has 2 nitrogen and oxygen atoms in total. The van der Waals surface area contributed by atoms with Gasteiger partial charge in [-0.3, -0.25) is 0 Å². The Bertz CT molecular complexity index is 417. The molecule has 0 bridgehead atoms. The summed E-state index contributed by atoms with van der Waals surface area (Å²) in [5.74, 6) is 0. The van der Waals surface area contributed by atoms with Gasteiger partial charge in [-0.15, -0.1) is 24.8 Å². The van der Waals surface area contributed by atoms with E-state index in [2.05, 4.69) is 29.4 Å². The second kappa shape index (κ2) is 5.87. The summed E-state index contributed by atoms with van der Waals surface area (Å²) in [5.41, 5.74) is 3.18. The maximum atomic E-state index is 6.14. The van der Waals surface area contributed by atoms with Crippen molar-refractivity contribution in [2.24, 2.45) is 0 Å². The van der Waals surface area contributed by atoms with Crippen molar-refractivity contribution in [2.45, 2.75) is 18.3 Å². The molecule has 0 aromatic heterocycles. The zero-order valence-corrected chi connectivity index (χ0v) is 12.8. The Kier molecular flexibility index (Phi) is 5.19. The molecule has 102 valence electrons. The number of fused-ring (bicyclic) bond motifs is 2. The van der Waals surface area contributed by atoms with Gasteiger partial charge in [-0.25, -0.2) is 0 Å². The van der Waals surface area contributed by atoms with E-state index < -0.39 is 0 Å². The highest BCUT2D eigenvalue weighted by molar-refractivity contribution is 6.30. The summed E-state index contributed by atoms with van der Waals surface area (Å²) in [6, 6.07) is 6.33. The van der Waals surface area contributed by atoms with Crippen LogP contribution < -0.4 is 10.2 Å². The number of hydrogen-bond donors (Lipinski definition) is 1. The average molecular weight is 310 g/mol. The number of nitrogens with one attached hydrogen (secondary N) is 1. The first-order valence-corrected chi connectivity index (χ1v) is 6.31. The van der Waals surface area contributed by atoms with Gasteiger partial charge in [0.05, 0.1) is 0 Å². The van der Waals surface area contributed by atoms with E-state index in [1.165, 1.54) is 24.1 Å². The van der Waals surface area contributed by atoms with E-state index in [0.717, 1.165) is 24.7 Å². The van der Waals surface area contributed by atoms with E-state index >= 15 is 0 Å². The molecule has 5 heteroatoms. The molecular weight excluding hydrogens is 291 g/mol. The summed E-state index contributed by atoms with van der Waals surface area (Å²) >= 11 is 6.14. The standard InChI is InChI=1S/C13H17ClN2.2ClH/c1-16-9-13(4-6-15-7-5-13)11-8-10(14)2-3-12(11)16;;/h2-3,8,15H,4-7,9H2,1H3;2*1H. The Morgan fingerprint density at radius 3 is 2.56 bits per heavy atom. The van der Waals surface area contributed by atoms with Crippen LogP contribution in [0.2, 0.25) is 5.02 Å². The third kappa shape index (κ3) is 2.44. The van der Waals surface area contributed by atoms with E-state index in [9.17, 15) is 0 Å². The van der Waals surface area contributed by atoms with Crippen molar-refractivity contribution in [3.05, 3.63) is 28.8 Å². The molecule has 0 radical (unpaired) electrons. The third-order valence-electron chi connectivity index (χ3n) is 4.04. The normalized spacial score (nSPS) is 20.0. The van der Waals surface area contributed by atoms with Gasteiger partial charge in [0.15, 0.2) is 0 Å². The lowest BCUT2D eigenvalue weighted by Crippen LogP contribution is -2.42. The van der Waals surface area contributed by atoms with Gasteiger partial charge in [-0.05, 0) is 49.7 Å². The van der Waals surface area contributed by atoms with Gasteiger partial charge in [0.1, 0.15) is 0 Å². The summed E-state index contributed by atoms with van der Waals surface area (Å²) in [4.78, 5) is 2.37. The fourth-order valence-corrected chi connectivity index (χ4v) is 3.40. The molecule has 0 atom stereocenters. The van der Waals surface area contributed by atoms with Crippen molar-refractivity contribution < 1.29 is 0 Å². The monoisotopic (exact) mass is 308 g/mol. The van der Waals surface area contributed by atoms with Crippen LogP contribution in [0.1, 0.15) is 18.4 Å². The van der Waals surface area contributed by atoms with Gasteiger partial charge in [-0.1, -0.05) is 11.6 Å². The lowest BCUT2D eigenvalue weighted by molar-refractivity contribution is 0.328. The Labute approximate surface area is 126 Å². The lowest BCUT2D eigenvalue weighted by Gasteiger charge is -2.34. The number of anilines is 1. The van der Waals surface area contributed by atoms with Crippen LogP contribution in [0, 0.1) is 0 Å². The van der Waals surface area contributed by atoms with Crippen molar-refractivity contribution in [3.63, 3.8) is 0 Å². The zero-order chi connectivity index (χ0) is 11.2. The number of benzene rings is 1. The highest BCUT2D eigenvalue weighted by Gasteiger charge is 2.42. The second-order valence-corrected chi connectivity index (χ2v) is 5.48. The average Bonchev–Trinajstić information content (AvgIpc) is 2.53. The van der Waals surface area contributed by atoms with Crippen molar-refractivity contribution in [1.29, 1.82) is 0 Å². The Balaban J connectivity index is 0.000000810. The molecule has 1 fully saturated rings. The fraction of sp³-hybridized carbons (Fsp3) is 0.538. The van der Waals surface area contributed by atoms with Crippen molar-refractivity contribution >= 4 is 42.1 Å². The van der Waals surface area contributed by atoms with Crippen molar-refractivity contribution in [1.82, 2.24) is 5.32 Å². The molecule has 0 saturated carbocycles. The SMILES string of the molecule is CN1CC2(CCNCC2)c2cc(Cl)ccc21.Cl.Cl. The predicted molar refractivity (Wildman–Crippen MR) is 83.0 cm³/mol. The first kappa shape index (κ1) is 15.9. The molecule has 1 aromatic rings. The minimum Gasteiger partial charge on any atom is -0.373 e. The van der Waals surface area contributed by atoms with E-state index in [1.807, 2.05) is 6.07 Å². The minimum absolute atomic E-state index is 0. The molecule has 2 aliphatic rings. The molecule has 1 aromatic carbocycles. The van der Waals surface area contributed by atoms with Gasteiger partial charge in [0.2, 0.25) is 0 Å². The van der Waals surface area contributed by atoms with Crippen LogP contribution in [0.5, 0.6) is 0 Å². The molecule has 18 heavy (non-hydrogen) atoms. The molecule has 2 aliphatic heterocycles. The van der Waals surface area contributed by atoms with Crippen LogP contribution in [-0.2, 0) is 5.41 Å². The minimum atomic E-state index is 0. The van der Waals surface area contributed by atoms with Crippen LogP contribution in [0.3, 0.4) is 0 Å². The van der Waals surface area contributed by atoms with E-state index in [0.29, 0.717) is 5.41 Å². The first-order chi connectivity index (χ1) is 7.71. The van der Waals surface area contributed by atoms with Crippen LogP contribution >= 0.6 is 36.4 Å². The third-order valence-corrected chi connectivity index (χ3v) is 4.28. The zero-order valence-electron chi connectivity index (χ0n) is 10.4. The summed E-state index contributed by atoms with van der Waals surface area (Å²) < 4.78 is 0. The molecular formula is C13H19Cl3N2. The number of nitrogens with zero attached hydrogens (tertiary/aromatic N) is 1. The van der Waals surface area contributed by atoms with Crippen molar-refractivity contribution in [2.75, 3.05) is 31.6 Å². The predicted octanol–water partition coefficient (Wildman–Crippen LogP) is 3.25. The highest BCUT2D eigenvalue weighted by atomic mass is 35.5. The molecule has 0 aliphatic carbocycles. The number of halogens is 3. The summed E-state index contributed by atoms with van der Waals surface area (Å²) in [7, 11) is 2.18. The smallest absolute Gasteiger partial charge is 0.0410 e. The van der Waals surface area contributed by atoms with E-state index in [-0.39, 0.29) is 24.8 Å². The lowest BCUT2D eigenvalue weighted by atomic mass is 9.75. The molecule has 0 unspecified atom stereocenters. The topological polar surface area (TPSA) is 15.3 Å². The van der Waals surface area contributed by atoms with Gasteiger partial charge < -0.3 is 10.2 Å². The molecule has 1 N–H and O–H groups in total. The molecule has 3 rings (SSSR count). The Morgan fingerprint density at radius 1 is 1.22 bits per heavy atom. The molecule has 2 heterocycles. The van der Waals surface area contributed by atoms with E-state index in [4.69, 9.17) is 11.6 Å². The number of likely N-dealkylation sites (N-methyl/N-ethyl adjacent to an activating group) is 1. The van der Waals surface area contributed by atoms with Crippen LogP contribution in [-0.4, -0.2) is 26.7 Å². The highest BCUT2D eigenvalue weighted by Crippen LogP contribution is 2.46. The largest absolute Gasteiger partial charge is 0.373 e. The maximum Gasteiger partial charge on any atom is 0.0410 e. The van der Waals surface area contributed by atoms with Gasteiger partial charge >= 0.3 is 0 Å². The number of rotatable bonds is 0. The molecule has 0 amide bonds. The first-order valence-electron chi connectivity index (χ1n) is 5.93. The summed E-state index contributed by atoms with van der Waals surface area (Å²) in [6.45, 7) is 3.39. The Morgan fingerprint density at radius 2 is 1.89 bits per heavy atom. The summed E-state index contributed by atoms with van der Waals surface area (Å²) in [5, 5.41) is 4.31. The number of hydrogen-bond acceptors (Lipinski definition) is 2. The van der Waals surface area contributed by atoms with Gasteiger partial charge in [0, 0.05) is 29.7 Å². The Hall–Kier alpha value is -0.150. The summed E-state index contributed by atoms with van der Waals surface area (Å²) in [6.07, 6.45) is 2.45. The van der Waals surface area contributed by atoms with Crippen molar-refractivity contribution in [3.8, 4) is 0 Å². The van der Waals surface area contributed by atoms with E-state index in [1.54, 1.807) is 0 Å². The number of piperidine rings is 1. The second-order valence-electron chi connectivity index (χ2n) is 5.05. The van der Waals surface area contributed by atoms with Crippen LogP contribution in [0.4, 0.5) is 5.69 Å². The van der Waals surface area contributed by atoms with Gasteiger partial charge in [0.25, 0.3) is 0 Å². The molecule has 1 spiro atoms. The van der Waals surface area contributed by atoms with Crippen LogP contribution in [0.25, 0.3) is 0 Å². The fourth-order valence-electron chi connectivity index (χ4n) is 3.22. The molecule has 1 saturated heterocycles. The van der Waals surface area contributed by atoms with Gasteiger partial charge in [-0.2, -0.15) is 0 Å². The quantitative estimate of drug-likeness (QED) is 0.791.